The Hall–Kier alpha value is -3.52. The quantitative estimate of drug-likeness (QED) is 0.648. The molecule has 1 aliphatic rings. The Labute approximate surface area is 176 Å². The van der Waals surface area contributed by atoms with E-state index in [9.17, 15) is 18.8 Å². The summed E-state index contributed by atoms with van der Waals surface area (Å²) in [4.78, 5) is 38.9. The maximum absolute atomic E-state index is 14.0. The normalized spacial score (nSPS) is 15.8. The molecule has 1 unspecified atom stereocenters. The molecule has 3 aromatic rings. The van der Waals surface area contributed by atoms with E-state index in [4.69, 9.17) is 0 Å². The van der Waals surface area contributed by atoms with Gasteiger partial charge in [0.1, 0.15) is 5.82 Å². The average molecular weight is 423 g/mol. The van der Waals surface area contributed by atoms with Crippen LogP contribution in [0.4, 0.5) is 21.5 Å². The molecule has 2 aromatic carbocycles. The van der Waals surface area contributed by atoms with Gasteiger partial charge >= 0.3 is 0 Å². The summed E-state index contributed by atoms with van der Waals surface area (Å²) < 4.78 is 14.0. The summed E-state index contributed by atoms with van der Waals surface area (Å²) in [6.45, 7) is 0.126. The minimum Gasteiger partial charge on any atom is -0.326 e. The van der Waals surface area contributed by atoms with Crippen LogP contribution in [0.2, 0.25) is 0 Å². The second-order valence-electron chi connectivity index (χ2n) is 6.85. The van der Waals surface area contributed by atoms with Crippen LogP contribution >= 0.6 is 11.3 Å². The Balaban J connectivity index is 1.36. The van der Waals surface area contributed by atoms with Crippen molar-refractivity contribution in [2.45, 2.75) is 6.42 Å². The van der Waals surface area contributed by atoms with E-state index in [2.05, 4.69) is 10.6 Å². The van der Waals surface area contributed by atoms with E-state index in [1.807, 2.05) is 5.38 Å². The van der Waals surface area contributed by atoms with Gasteiger partial charge in [0.25, 0.3) is 5.91 Å². The molecule has 2 heterocycles. The van der Waals surface area contributed by atoms with E-state index in [1.54, 1.807) is 48.5 Å². The molecule has 8 heteroatoms. The smallest absolute Gasteiger partial charge is 0.265 e. The van der Waals surface area contributed by atoms with Gasteiger partial charge in [-0.3, -0.25) is 14.4 Å². The van der Waals surface area contributed by atoms with Gasteiger partial charge in [0.05, 0.1) is 16.5 Å². The molecular formula is C22H18FN3O3S. The number of carbonyl (C=O) groups is 3. The summed E-state index contributed by atoms with van der Waals surface area (Å²) in [5.74, 6) is -1.86. The maximum Gasteiger partial charge on any atom is 0.265 e. The minimum absolute atomic E-state index is 0.0229. The average Bonchev–Trinajstić information content (AvgIpc) is 3.40. The van der Waals surface area contributed by atoms with Crippen molar-refractivity contribution in [2.75, 3.05) is 22.1 Å². The van der Waals surface area contributed by atoms with Gasteiger partial charge in [0.2, 0.25) is 11.8 Å². The molecule has 30 heavy (non-hydrogen) atoms. The number of carbonyl (C=O) groups excluding carboxylic acids is 3. The second kappa shape index (κ2) is 8.46. The zero-order valence-electron chi connectivity index (χ0n) is 15.8. The molecule has 1 fully saturated rings. The van der Waals surface area contributed by atoms with Crippen LogP contribution in [0.3, 0.4) is 0 Å². The lowest BCUT2D eigenvalue weighted by atomic mass is 10.1. The van der Waals surface area contributed by atoms with Crippen molar-refractivity contribution in [1.29, 1.82) is 0 Å². The largest absolute Gasteiger partial charge is 0.326 e. The first-order valence-corrected chi connectivity index (χ1v) is 10.2. The number of amides is 3. The lowest BCUT2D eigenvalue weighted by molar-refractivity contribution is -0.122. The summed E-state index contributed by atoms with van der Waals surface area (Å²) in [5, 5.41) is 7.39. The lowest BCUT2D eigenvalue weighted by Gasteiger charge is -2.17. The van der Waals surface area contributed by atoms with E-state index in [0.29, 0.717) is 16.3 Å². The first kappa shape index (κ1) is 19.8. The predicted octanol–water partition coefficient (Wildman–Crippen LogP) is 4.13. The van der Waals surface area contributed by atoms with Crippen LogP contribution in [0.5, 0.6) is 0 Å². The second-order valence-corrected chi connectivity index (χ2v) is 7.80. The van der Waals surface area contributed by atoms with E-state index < -0.39 is 11.7 Å². The predicted molar refractivity (Wildman–Crippen MR) is 114 cm³/mol. The zero-order chi connectivity index (χ0) is 21.1. The standard InChI is InChI=1S/C22H18FN3O3S/c23-17-4-1-2-5-18(17)26-13-14(12-20(26)27)21(28)24-15-7-9-16(10-8-15)25-22(29)19-6-3-11-30-19/h1-11,14H,12-13H2,(H,24,28)(H,25,29). The maximum atomic E-state index is 14.0. The molecule has 0 radical (unpaired) electrons. The van der Waals surface area contributed by atoms with Crippen molar-refractivity contribution in [3.63, 3.8) is 0 Å². The van der Waals surface area contributed by atoms with Gasteiger partial charge in [-0.2, -0.15) is 0 Å². The van der Waals surface area contributed by atoms with Crippen LogP contribution in [0.1, 0.15) is 16.1 Å². The molecule has 0 saturated carbocycles. The van der Waals surface area contributed by atoms with Crippen molar-refractivity contribution >= 4 is 46.1 Å². The van der Waals surface area contributed by atoms with Crippen molar-refractivity contribution in [3.8, 4) is 0 Å². The Morgan fingerprint density at radius 3 is 2.33 bits per heavy atom. The first-order chi connectivity index (χ1) is 14.5. The number of halogens is 1. The van der Waals surface area contributed by atoms with Crippen LogP contribution in [-0.4, -0.2) is 24.3 Å². The van der Waals surface area contributed by atoms with Crippen LogP contribution in [0.25, 0.3) is 0 Å². The minimum atomic E-state index is -0.574. The summed E-state index contributed by atoms with van der Waals surface area (Å²) in [6.07, 6.45) is 0.0229. The highest BCUT2D eigenvalue weighted by atomic mass is 32.1. The molecule has 4 rings (SSSR count). The highest BCUT2D eigenvalue weighted by molar-refractivity contribution is 7.12. The fourth-order valence-corrected chi connectivity index (χ4v) is 3.89. The van der Waals surface area contributed by atoms with Gasteiger partial charge in [0.15, 0.2) is 0 Å². The van der Waals surface area contributed by atoms with E-state index >= 15 is 0 Å². The molecule has 0 aliphatic carbocycles. The molecule has 0 spiro atoms. The Morgan fingerprint density at radius 1 is 0.967 bits per heavy atom. The van der Waals surface area contributed by atoms with Crippen molar-refractivity contribution in [3.05, 3.63) is 76.7 Å². The molecule has 1 saturated heterocycles. The fourth-order valence-electron chi connectivity index (χ4n) is 3.27. The van der Waals surface area contributed by atoms with Gasteiger partial charge in [0, 0.05) is 24.3 Å². The molecule has 1 atom stereocenters. The third-order valence-electron chi connectivity index (χ3n) is 4.79. The molecule has 6 nitrogen and oxygen atoms in total. The lowest BCUT2D eigenvalue weighted by Crippen LogP contribution is -2.28. The molecule has 0 bridgehead atoms. The summed E-state index contributed by atoms with van der Waals surface area (Å²) >= 11 is 1.35. The summed E-state index contributed by atoms with van der Waals surface area (Å²) in [5.41, 5.74) is 1.34. The van der Waals surface area contributed by atoms with Crippen LogP contribution in [-0.2, 0) is 9.59 Å². The highest BCUT2D eigenvalue weighted by Gasteiger charge is 2.36. The summed E-state index contributed by atoms with van der Waals surface area (Å²) in [6, 6.07) is 16.3. The van der Waals surface area contributed by atoms with Crippen molar-refractivity contribution in [2.24, 2.45) is 5.92 Å². The van der Waals surface area contributed by atoms with Gasteiger partial charge in [-0.1, -0.05) is 18.2 Å². The third-order valence-corrected chi connectivity index (χ3v) is 5.66. The third kappa shape index (κ3) is 4.23. The number of hydrogen-bond acceptors (Lipinski definition) is 4. The van der Waals surface area contributed by atoms with Gasteiger partial charge in [-0.25, -0.2) is 4.39 Å². The molecule has 1 aromatic heterocycles. The SMILES string of the molecule is O=C(Nc1ccc(NC(=O)C2CC(=O)N(c3ccccc3F)C2)cc1)c1cccs1. The molecule has 3 amide bonds. The van der Waals surface area contributed by atoms with Gasteiger partial charge < -0.3 is 15.5 Å². The number of nitrogens with one attached hydrogen (secondary N) is 2. The highest BCUT2D eigenvalue weighted by Crippen LogP contribution is 2.28. The topological polar surface area (TPSA) is 78.5 Å². The number of nitrogens with zero attached hydrogens (tertiary/aromatic N) is 1. The van der Waals surface area contributed by atoms with Gasteiger partial charge in [-0.15, -0.1) is 11.3 Å². The number of benzene rings is 2. The van der Waals surface area contributed by atoms with Crippen LogP contribution < -0.4 is 15.5 Å². The zero-order valence-corrected chi connectivity index (χ0v) is 16.6. The molecular weight excluding hydrogens is 405 g/mol. The molecule has 2 N–H and O–H groups in total. The number of hydrogen-bond donors (Lipinski definition) is 2. The van der Waals surface area contributed by atoms with E-state index in [1.165, 1.54) is 28.4 Å². The number of para-hydroxylation sites is 1. The Bertz CT molecular complexity index is 1080. The van der Waals surface area contributed by atoms with E-state index in [-0.39, 0.29) is 36.4 Å². The van der Waals surface area contributed by atoms with Gasteiger partial charge in [-0.05, 0) is 47.8 Å². The monoisotopic (exact) mass is 423 g/mol. The van der Waals surface area contributed by atoms with E-state index in [0.717, 1.165) is 0 Å². The number of thiophene rings is 1. The van der Waals surface area contributed by atoms with Crippen molar-refractivity contribution < 1.29 is 18.8 Å². The fraction of sp³-hybridized carbons (Fsp3) is 0.136. The van der Waals surface area contributed by atoms with Crippen LogP contribution in [0, 0.1) is 11.7 Å². The summed E-state index contributed by atoms with van der Waals surface area (Å²) in [7, 11) is 0. The Kier molecular flexibility index (Phi) is 5.58. The Morgan fingerprint density at radius 2 is 1.67 bits per heavy atom. The number of rotatable bonds is 5. The molecule has 152 valence electrons. The van der Waals surface area contributed by atoms with Crippen molar-refractivity contribution in [1.82, 2.24) is 0 Å². The number of anilines is 3. The first-order valence-electron chi connectivity index (χ1n) is 9.32. The molecule has 1 aliphatic heterocycles. The van der Waals surface area contributed by atoms with Crippen LogP contribution in [0.15, 0.2) is 66.0 Å².